The first-order chi connectivity index (χ1) is 13.3. The normalized spacial score (nSPS) is 11.6. The Labute approximate surface area is 168 Å². The molecule has 0 spiro atoms. The average molecular weight is 395 g/mol. The number of amides is 1. The fraction of sp³-hybridized carbons (Fsp3) is 0.600. The summed E-state index contributed by atoms with van der Waals surface area (Å²) in [7, 11) is 1.61. The second-order valence-corrected chi connectivity index (χ2v) is 6.97. The van der Waals surface area contributed by atoms with Gasteiger partial charge in [-0.15, -0.1) is 0 Å². The molecule has 0 radical (unpaired) electrons. The molecule has 8 heteroatoms. The van der Waals surface area contributed by atoms with E-state index in [1.165, 1.54) is 0 Å². The molecule has 0 aliphatic carbocycles. The zero-order chi connectivity index (χ0) is 21.0. The summed E-state index contributed by atoms with van der Waals surface area (Å²) in [5.41, 5.74) is 0.343. The van der Waals surface area contributed by atoms with Crippen molar-refractivity contribution in [1.82, 2.24) is 10.6 Å². The Balaban J connectivity index is 2.57. The molecule has 1 rings (SSSR count). The van der Waals surface area contributed by atoms with E-state index in [4.69, 9.17) is 14.2 Å². The van der Waals surface area contributed by atoms with E-state index < -0.39 is 11.7 Å². The Morgan fingerprint density at radius 2 is 1.89 bits per heavy atom. The van der Waals surface area contributed by atoms with Gasteiger partial charge in [-0.25, -0.2) is 4.79 Å². The van der Waals surface area contributed by atoms with Gasteiger partial charge in [0.05, 0.1) is 13.7 Å². The summed E-state index contributed by atoms with van der Waals surface area (Å²) in [5.74, 6) is 2.01. The van der Waals surface area contributed by atoms with Crippen molar-refractivity contribution in [3.63, 3.8) is 0 Å². The van der Waals surface area contributed by atoms with Crippen LogP contribution in [0.3, 0.4) is 0 Å². The number of rotatable bonds is 9. The van der Waals surface area contributed by atoms with E-state index >= 15 is 0 Å². The number of aliphatic imine (C=N–C) groups is 1. The largest absolute Gasteiger partial charge is 0.493 e. The van der Waals surface area contributed by atoms with Crippen LogP contribution in [0.2, 0.25) is 0 Å². The molecule has 1 aromatic carbocycles. The van der Waals surface area contributed by atoms with Gasteiger partial charge in [-0.1, -0.05) is 0 Å². The molecule has 28 heavy (non-hydrogen) atoms. The lowest BCUT2D eigenvalue weighted by Gasteiger charge is -2.19. The summed E-state index contributed by atoms with van der Waals surface area (Å²) in [6.07, 6.45) is 0.283. The highest BCUT2D eigenvalue weighted by atomic mass is 16.6. The molecule has 158 valence electrons. The smallest absolute Gasteiger partial charge is 0.407 e. The summed E-state index contributed by atoms with van der Waals surface area (Å²) in [4.78, 5) is 16.1. The van der Waals surface area contributed by atoms with E-state index in [1.54, 1.807) is 7.11 Å². The highest BCUT2D eigenvalue weighted by molar-refractivity contribution is 5.93. The van der Waals surface area contributed by atoms with Crippen LogP contribution in [0.4, 0.5) is 10.5 Å². The van der Waals surface area contributed by atoms with Crippen LogP contribution in [0.25, 0.3) is 0 Å². The van der Waals surface area contributed by atoms with Gasteiger partial charge in [0.1, 0.15) is 5.60 Å². The predicted octanol–water partition coefficient (Wildman–Crippen LogP) is 3.39. The Morgan fingerprint density at radius 3 is 2.50 bits per heavy atom. The van der Waals surface area contributed by atoms with Gasteiger partial charge in [0.2, 0.25) is 0 Å². The highest BCUT2D eigenvalue weighted by Gasteiger charge is 2.15. The van der Waals surface area contributed by atoms with Crippen molar-refractivity contribution in [2.24, 2.45) is 4.99 Å². The lowest BCUT2D eigenvalue weighted by atomic mass is 10.2. The Kier molecular flexibility index (Phi) is 9.98. The minimum Gasteiger partial charge on any atom is -0.493 e. The number of benzene rings is 1. The molecular formula is C20H34N4O4. The van der Waals surface area contributed by atoms with Crippen LogP contribution < -0.4 is 25.4 Å². The lowest BCUT2D eigenvalue weighted by molar-refractivity contribution is 0.0527. The van der Waals surface area contributed by atoms with Crippen LogP contribution in [0.1, 0.15) is 41.0 Å². The third-order valence-corrected chi connectivity index (χ3v) is 3.34. The molecule has 1 aromatic rings. The number of nitrogens with zero attached hydrogens (tertiary/aromatic N) is 1. The molecule has 0 bridgehead atoms. The van der Waals surface area contributed by atoms with E-state index in [2.05, 4.69) is 20.9 Å². The van der Waals surface area contributed by atoms with E-state index in [-0.39, 0.29) is 0 Å². The lowest BCUT2D eigenvalue weighted by Crippen LogP contribution is -2.33. The minimum absolute atomic E-state index is 0.414. The number of ether oxygens (including phenoxy) is 3. The molecular weight excluding hydrogens is 360 g/mol. The maximum absolute atomic E-state index is 11.6. The number of guanidine groups is 1. The number of methoxy groups -OCH3 is 1. The van der Waals surface area contributed by atoms with Gasteiger partial charge >= 0.3 is 6.09 Å². The number of alkyl carbamates (subject to hydrolysis) is 1. The van der Waals surface area contributed by atoms with Crippen LogP contribution in [-0.2, 0) is 4.74 Å². The highest BCUT2D eigenvalue weighted by Crippen LogP contribution is 2.30. The second-order valence-electron chi connectivity index (χ2n) is 6.97. The van der Waals surface area contributed by atoms with Crippen molar-refractivity contribution < 1.29 is 19.0 Å². The number of carbonyl (C=O) groups excluding carboxylic acids is 1. The van der Waals surface area contributed by atoms with E-state index in [9.17, 15) is 4.79 Å². The summed E-state index contributed by atoms with van der Waals surface area (Å²) in [6.45, 7) is 11.8. The molecule has 0 atom stereocenters. The third-order valence-electron chi connectivity index (χ3n) is 3.34. The maximum Gasteiger partial charge on any atom is 0.407 e. The van der Waals surface area contributed by atoms with Crippen molar-refractivity contribution in [2.75, 3.05) is 38.7 Å². The molecule has 0 saturated carbocycles. The quantitative estimate of drug-likeness (QED) is 0.338. The first kappa shape index (κ1) is 23.4. The number of hydrogen-bond acceptors (Lipinski definition) is 5. The first-order valence-electron chi connectivity index (χ1n) is 9.62. The van der Waals surface area contributed by atoms with Gasteiger partial charge in [-0.2, -0.15) is 0 Å². The van der Waals surface area contributed by atoms with Crippen LogP contribution in [-0.4, -0.2) is 51.0 Å². The van der Waals surface area contributed by atoms with Crippen molar-refractivity contribution in [3.8, 4) is 11.5 Å². The van der Waals surface area contributed by atoms with E-state index in [0.717, 1.165) is 12.2 Å². The van der Waals surface area contributed by atoms with Gasteiger partial charge in [0, 0.05) is 31.4 Å². The maximum atomic E-state index is 11.6. The van der Waals surface area contributed by atoms with Crippen LogP contribution >= 0.6 is 0 Å². The monoisotopic (exact) mass is 394 g/mol. The van der Waals surface area contributed by atoms with Gasteiger partial charge in [-0.3, -0.25) is 4.99 Å². The summed E-state index contributed by atoms with van der Waals surface area (Å²) in [6, 6.07) is 5.63. The topological polar surface area (TPSA) is 93.2 Å². The van der Waals surface area contributed by atoms with Crippen molar-refractivity contribution >= 4 is 17.7 Å². The summed E-state index contributed by atoms with van der Waals surface area (Å²) >= 11 is 0. The van der Waals surface area contributed by atoms with Crippen molar-refractivity contribution in [3.05, 3.63) is 18.2 Å². The van der Waals surface area contributed by atoms with E-state index in [1.807, 2.05) is 52.8 Å². The first-order valence-corrected chi connectivity index (χ1v) is 9.62. The second kappa shape index (κ2) is 11.9. The molecule has 0 heterocycles. The predicted molar refractivity (Wildman–Crippen MR) is 113 cm³/mol. The van der Waals surface area contributed by atoms with E-state index in [0.29, 0.717) is 43.6 Å². The molecule has 8 nitrogen and oxygen atoms in total. The molecule has 0 aromatic heterocycles. The van der Waals surface area contributed by atoms with Gasteiger partial charge in [0.15, 0.2) is 17.5 Å². The molecule has 0 fully saturated rings. The Morgan fingerprint density at radius 1 is 1.14 bits per heavy atom. The molecule has 0 saturated heterocycles. The number of carbonyl (C=O) groups is 1. The molecule has 0 unspecified atom stereocenters. The fourth-order valence-corrected chi connectivity index (χ4v) is 2.24. The van der Waals surface area contributed by atoms with Crippen molar-refractivity contribution in [1.29, 1.82) is 0 Å². The molecule has 3 N–H and O–H groups in total. The van der Waals surface area contributed by atoms with Crippen LogP contribution in [0.15, 0.2) is 23.2 Å². The fourth-order valence-electron chi connectivity index (χ4n) is 2.24. The SMILES string of the molecule is CCNC(=NCCCNC(=O)OC(C)(C)C)Nc1ccc(OCC)c(OC)c1. The minimum atomic E-state index is -0.497. The summed E-state index contributed by atoms with van der Waals surface area (Å²) < 4.78 is 16.1. The molecule has 0 aliphatic rings. The Bertz CT molecular complexity index is 642. The Hall–Kier alpha value is -2.64. The van der Waals surface area contributed by atoms with Crippen LogP contribution in [0.5, 0.6) is 11.5 Å². The van der Waals surface area contributed by atoms with Crippen molar-refractivity contribution in [2.45, 2.75) is 46.6 Å². The zero-order valence-corrected chi connectivity index (χ0v) is 17.8. The number of nitrogens with one attached hydrogen (secondary N) is 3. The van der Waals surface area contributed by atoms with Gasteiger partial charge in [-0.05, 0) is 53.2 Å². The van der Waals surface area contributed by atoms with Crippen LogP contribution in [0, 0.1) is 0 Å². The summed E-state index contributed by atoms with van der Waals surface area (Å²) in [5, 5.41) is 9.17. The third kappa shape index (κ3) is 9.34. The average Bonchev–Trinajstić information content (AvgIpc) is 2.61. The van der Waals surface area contributed by atoms with Gasteiger partial charge in [0.25, 0.3) is 0 Å². The molecule has 1 amide bonds. The standard InChI is InChI=1S/C20H34N4O4/c1-7-21-18(22-12-9-13-23-19(25)28-20(3,4)5)24-15-10-11-16(27-8-2)17(14-15)26-6/h10-11,14H,7-9,12-13H2,1-6H3,(H,23,25)(H2,21,22,24). The number of hydrogen-bond donors (Lipinski definition) is 3. The molecule has 0 aliphatic heterocycles. The van der Waals surface area contributed by atoms with Gasteiger partial charge < -0.3 is 30.2 Å². The zero-order valence-electron chi connectivity index (χ0n) is 17.8. The number of anilines is 1.